The Balaban J connectivity index is 1.44. The Bertz CT molecular complexity index is 1000. The number of aromatic nitrogens is 3. The summed E-state index contributed by atoms with van der Waals surface area (Å²) in [5.74, 6) is 2.51. The summed E-state index contributed by atoms with van der Waals surface area (Å²) >= 11 is 1.39. The molecule has 1 fully saturated rings. The van der Waals surface area contributed by atoms with Crippen molar-refractivity contribution in [1.29, 1.82) is 0 Å². The number of hydrogen-bond acceptors (Lipinski definition) is 6. The molecule has 1 heterocycles. The number of rotatable bonds is 9. The molecule has 0 saturated heterocycles. The fourth-order valence-corrected chi connectivity index (χ4v) is 4.57. The van der Waals surface area contributed by atoms with Gasteiger partial charge in [0.2, 0.25) is 5.91 Å². The molecule has 168 valence electrons. The molecule has 1 aromatic heterocycles. The fourth-order valence-electron chi connectivity index (χ4n) is 3.79. The zero-order valence-corrected chi connectivity index (χ0v) is 19.0. The minimum absolute atomic E-state index is 0.0422. The molecule has 1 aliphatic carbocycles. The van der Waals surface area contributed by atoms with Crippen molar-refractivity contribution in [3.05, 3.63) is 60.4 Å². The van der Waals surface area contributed by atoms with Crippen molar-refractivity contribution in [2.75, 3.05) is 12.9 Å². The first-order chi connectivity index (χ1) is 15.7. The van der Waals surface area contributed by atoms with Gasteiger partial charge in [-0.1, -0.05) is 49.2 Å². The van der Waals surface area contributed by atoms with Crippen LogP contribution in [0.1, 0.15) is 37.9 Å². The average Bonchev–Trinajstić information content (AvgIpc) is 3.26. The Morgan fingerprint density at radius 2 is 1.75 bits per heavy atom. The summed E-state index contributed by atoms with van der Waals surface area (Å²) < 4.78 is 13.1. The van der Waals surface area contributed by atoms with Crippen LogP contribution in [-0.4, -0.2) is 39.6 Å². The molecule has 3 aromatic rings. The minimum atomic E-state index is 0.0422. The first-order valence-corrected chi connectivity index (χ1v) is 11.9. The van der Waals surface area contributed by atoms with E-state index >= 15 is 0 Å². The van der Waals surface area contributed by atoms with E-state index in [1.165, 1.54) is 31.0 Å². The molecule has 7 nitrogen and oxygen atoms in total. The summed E-state index contributed by atoms with van der Waals surface area (Å²) in [7, 11) is 1.63. The average molecular weight is 453 g/mol. The van der Waals surface area contributed by atoms with E-state index in [4.69, 9.17) is 9.47 Å². The van der Waals surface area contributed by atoms with Crippen LogP contribution in [0.3, 0.4) is 0 Å². The lowest BCUT2D eigenvalue weighted by Crippen LogP contribution is -2.37. The molecule has 4 rings (SSSR count). The van der Waals surface area contributed by atoms with Crippen LogP contribution >= 0.6 is 11.8 Å². The number of amides is 1. The van der Waals surface area contributed by atoms with Gasteiger partial charge in [-0.15, -0.1) is 10.2 Å². The number of carbonyl (C=O) groups is 1. The number of hydrogen-bond donors (Lipinski definition) is 1. The van der Waals surface area contributed by atoms with Crippen molar-refractivity contribution in [1.82, 2.24) is 20.1 Å². The zero-order chi connectivity index (χ0) is 22.2. The van der Waals surface area contributed by atoms with Crippen LogP contribution in [-0.2, 0) is 11.4 Å². The molecule has 2 aromatic carbocycles. The largest absolute Gasteiger partial charge is 0.497 e. The van der Waals surface area contributed by atoms with Crippen molar-refractivity contribution in [2.24, 2.45) is 0 Å². The van der Waals surface area contributed by atoms with Crippen molar-refractivity contribution in [3.8, 4) is 17.2 Å². The number of para-hydroxylation sites is 1. The van der Waals surface area contributed by atoms with Crippen molar-refractivity contribution < 1.29 is 14.3 Å². The number of nitrogens with zero attached hydrogens (tertiary/aromatic N) is 3. The molecule has 8 heteroatoms. The molecule has 0 spiro atoms. The molecule has 0 atom stereocenters. The van der Waals surface area contributed by atoms with Crippen molar-refractivity contribution in [3.63, 3.8) is 0 Å². The summed E-state index contributed by atoms with van der Waals surface area (Å²) in [5, 5.41) is 12.5. The maximum Gasteiger partial charge on any atom is 0.230 e. The SMILES string of the molecule is COc1ccc(OCc2nnc(SCC(=O)NC3CCCCC3)n2-c2ccccc2)cc1. The van der Waals surface area contributed by atoms with Gasteiger partial charge in [-0.2, -0.15) is 0 Å². The van der Waals surface area contributed by atoms with Gasteiger partial charge in [0, 0.05) is 11.7 Å². The Hall–Kier alpha value is -3.00. The van der Waals surface area contributed by atoms with Crippen LogP contribution in [0.2, 0.25) is 0 Å². The molecular formula is C24H28N4O3S. The summed E-state index contributed by atoms with van der Waals surface area (Å²) in [4.78, 5) is 12.5. The third-order valence-electron chi connectivity index (χ3n) is 5.44. The van der Waals surface area contributed by atoms with Crippen LogP contribution in [0, 0.1) is 0 Å². The standard InChI is InChI=1S/C24H28N4O3S/c1-30-20-12-14-21(15-13-20)31-16-22-26-27-24(28(22)19-10-6-3-7-11-19)32-17-23(29)25-18-8-4-2-5-9-18/h3,6-7,10-15,18H,2,4-5,8-9,16-17H2,1H3,(H,25,29). The lowest BCUT2D eigenvalue weighted by atomic mass is 9.95. The molecule has 0 unspecified atom stereocenters. The second kappa shape index (κ2) is 11.0. The minimum Gasteiger partial charge on any atom is -0.497 e. The van der Waals surface area contributed by atoms with Crippen LogP contribution in [0.4, 0.5) is 0 Å². The molecular weight excluding hydrogens is 424 g/mol. The first kappa shape index (κ1) is 22.2. The van der Waals surface area contributed by atoms with Crippen LogP contribution in [0.5, 0.6) is 11.5 Å². The maximum absolute atomic E-state index is 12.5. The quantitative estimate of drug-likeness (QED) is 0.485. The van der Waals surface area contributed by atoms with E-state index in [1.54, 1.807) is 7.11 Å². The summed E-state index contributed by atoms with van der Waals surface area (Å²) in [5.41, 5.74) is 0.931. The maximum atomic E-state index is 12.5. The van der Waals surface area contributed by atoms with E-state index in [2.05, 4.69) is 15.5 Å². The molecule has 32 heavy (non-hydrogen) atoms. The molecule has 1 saturated carbocycles. The number of nitrogens with one attached hydrogen (secondary N) is 1. The monoisotopic (exact) mass is 452 g/mol. The Kier molecular flexibility index (Phi) is 7.66. The topological polar surface area (TPSA) is 78.3 Å². The fraction of sp³-hybridized carbons (Fsp3) is 0.375. The van der Waals surface area contributed by atoms with Crippen LogP contribution < -0.4 is 14.8 Å². The number of benzene rings is 2. The van der Waals surface area contributed by atoms with Crippen molar-refractivity contribution >= 4 is 17.7 Å². The van der Waals surface area contributed by atoms with Gasteiger partial charge in [0.1, 0.15) is 18.1 Å². The number of carbonyl (C=O) groups excluding carboxylic acids is 1. The van der Waals surface area contributed by atoms with E-state index in [9.17, 15) is 4.79 Å². The Morgan fingerprint density at radius 3 is 2.47 bits per heavy atom. The highest BCUT2D eigenvalue weighted by Crippen LogP contribution is 2.24. The van der Waals surface area contributed by atoms with Gasteiger partial charge >= 0.3 is 0 Å². The van der Waals surface area contributed by atoms with Gasteiger partial charge in [0.05, 0.1) is 12.9 Å². The van der Waals surface area contributed by atoms with Gasteiger partial charge in [-0.25, -0.2) is 0 Å². The lowest BCUT2D eigenvalue weighted by molar-refractivity contribution is -0.119. The van der Waals surface area contributed by atoms with E-state index < -0.39 is 0 Å². The molecule has 0 aliphatic heterocycles. The second-order valence-electron chi connectivity index (χ2n) is 7.73. The summed E-state index contributed by atoms with van der Waals surface area (Å²) in [6.45, 7) is 0.253. The highest BCUT2D eigenvalue weighted by atomic mass is 32.2. The smallest absolute Gasteiger partial charge is 0.230 e. The highest BCUT2D eigenvalue weighted by Gasteiger charge is 2.19. The molecule has 1 aliphatic rings. The first-order valence-electron chi connectivity index (χ1n) is 10.9. The number of methoxy groups -OCH3 is 1. The summed E-state index contributed by atoms with van der Waals surface area (Å²) in [6.07, 6.45) is 5.80. The lowest BCUT2D eigenvalue weighted by Gasteiger charge is -2.22. The molecule has 1 amide bonds. The van der Waals surface area contributed by atoms with Crippen LogP contribution in [0.25, 0.3) is 5.69 Å². The van der Waals surface area contributed by atoms with Gasteiger partial charge < -0.3 is 14.8 Å². The third-order valence-corrected chi connectivity index (χ3v) is 6.37. The normalized spacial score (nSPS) is 14.2. The Labute approximate surface area is 192 Å². The highest BCUT2D eigenvalue weighted by molar-refractivity contribution is 7.99. The predicted octanol–water partition coefficient (Wildman–Crippen LogP) is 4.40. The van der Waals surface area contributed by atoms with Gasteiger partial charge in [0.25, 0.3) is 0 Å². The van der Waals surface area contributed by atoms with Crippen LogP contribution in [0.15, 0.2) is 59.8 Å². The summed E-state index contributed by atoms with van der Waals surface area (Å²) in [6, 6.07) is 17.6. The Morgan fingerprint density at radius 1 is 1.03 bits per heavy atom. The molecule has 1 N–H and O–H groups in total. The van der Waals surface area contributed by atoms with Gasteiger partial charge in [0.15, 0.2) is 11.0 Å². The number of ether oxygens (including phenoxy) is 2. The van der Waals surface area contributed by atoms with E-state index in [1.807, 2.05) is 59.2 Å². The van der Waals surface area contributed by atoms with E-state index in [-0.39, 0.29) is 12.5 Å². The second-order valence-corrected chi connectivity index (χ2v) is 8.67. The van der Waals surface area contributed by atoms with E-state index in [0.29, 0.717) is 22.8 Å². The third kappa shape index (κ3) is 5.82. The predicted molar refractivity (Wildman–Crippen MR) is 124 cm³/mol. The van der Waals surface area contributed by atoms with Crippen molar-refractivity contribution in [2.45, 2.75) is 49.9 Å². The van der Waals surface area contributed by atoms with Gasteiger partial charge in [-0.3, -0.25) is 9.36 Å². The number of thioether (sulfide) groups is 1. The van der Waals surface area contributed by atoms with Gasteiger partial charge in [-0.05, 0) is 49.2 Å². The zero-order valence-electron chi connectivity index (χ0n) is 18.2. The van der Waals surface area contributed by atoms with E-state index in [0.717, 1.165) is 30.0 Å². The molecule has 0 bridgehead atoms. The molecule has 0 radical (unpaired) electrons.